The van der Waals surface area contributed by atoms with Crippen LogP contribution in [0.4, 0.5) is 4.79 Å². The molecule has 2 aromatic rings. The largest absolute Gasteiger partial charge is 0.496 e. The van der Waals surface area contributed by atoms with Gasteiger partial charge in [-0.2, -0.15) is 0 Å². The second-order valence-corrected chi connectivity index (χ2v) is 9.08. The molecule has 2 aliphatic heterocycles. The molecule has 0 fully saturated rings. The van der Waals surface area contributed by atoms with Gasteiger partial charge in [0.25, 0.3) is 5.91 Å². The van der Waals surface area contributed by atoms with Crippen molar-refractivity contribution in [3.63, 3.8) is 0 Å². The van der Waals surface area contributed by atoms with Crippen molar-refractivity contribution in [1.29, 1.82) is 0 Å². The van der Waals surface area contributed by atoms with Gasteiger partial charge in [0.2, 0.25) is 0 Å². The number of carbonyl (C=O) groups is 2. The molecule has 2 amide bonds. The molecule has 0 bridgehead atoms. The molecule has 0 radical (unpaired) electrons. The van der Waals surface area contributed by atoms with Gasteiger partial charge in [0.15, 0.2) is 5.82 Å². The van der Waals surface area contributed by atoms with E-state index in [1.807, 2.05) is 25.1 Å². The molecule has 0 saturated heterocycles. The number of amides is 2. The molecule has 1 N–H and O–H groups in total. The minimum Gasteiger partial charge on any atom is -0.496 e. The van der Waals surface area contributed by atoms with E-state index in [0.717, 1.165) is 41.2 Å². The molecular formula is C27H33N5O4. The third-order valence-corrected chi connectivity index (χ3v) is 6.57. The van der Waals surface area contributed by atoms with Crippen LogP contribution < -0.4 is 10.1 Å². The number of hydrogen-bond donors (Lipinski definition) is 1. The average molecular weight is 492 g/mol. The fourth-order valence-corrected chi connectivity index (χ4v) is 4.63. The number of carbonyl (C=O) groups excluding carboxylic acids is 2. The van der Waals surface area contributed by atoms with Gasteiger partial charge < -0.3 is 24.3 Å². The Balaban J connectivity index is 1.44. The summed E-state index contributed by atoms with van der Waals surface area (Å²) in [5.74, 6) is 2.04. The summed E-state index contributed by atoms with van der Waals surface area (Å²) in [4.78, 5) is 26.9. The van der Waals surface area contributed by atoms with Crippen LogP contribution in [0.2, 0.25) is 0 Å². The zero-order valence-corrected chi connectivity index (χ0v) is 21.3. The first-order chi connectivity index (χ1) is 17.3. The van der Waals surface area contributed by atoms with Crippen LogP contribution in [-0.2, 0) is 24.1 Å². The van der Waals surface area contributed by atoms with E-state index in [9.17, 15) is 9.59 Å². The van der Waals surface area contributed by atoms with Gasteiger partial charge in [-0.25, -0.2) is 4.79 Å². The molecular weight excluding hydrogens is 458 g/mol. The standard InChI is InChI=1S/C27H33N5O4/c1-6-36-27(34)31-13-12-20-15-23(35-5)22(14-21(20)16-31)26(33)28-18(3)9-7-8-17(2)25-30-29-24-11-10-19(4)32(24)25/h7-9,14-15,19H,3,6,10-13,16H2,1-2,4-5H3,(H,28,33)/b9-7-,17-8+. The van der Waals surface area contributed by atoms with E-state index in [1.54, 1.807) is 24.0 Å². The third kappa shape index (κ3) is 5.19. The monoisotopic (exact) mass is 491 g/mol. The topological polar surface area (TPSA) is 98.6 Å². The number of rotatable bonds is 7. The van der Waals surface area contributed by atoms with Crippen LogP contribution in [0.1, 0.15) is 66.4 Å². The molecule has 0 spiro atoms. The summed E-state index contributed by atoms with van der Waals surface area (Å²) in [5.41, 5.74) is 3.76. The van der Waals surface area contributed by atoms with Crippen molar-refractivity contribution < 1.29 is 19.1 Å². The fourth-order valence-electron chi connectivity index (χ4n) is 4.63. The predicted molar refractivity (Wildman–Crippen MR) is 137 cm³/mol. The van der Waals surface area contributed by atoms with E-state index in [2.05, 4.69) is 33.6 Å². The first-order valence-corrected chi connectivity index (χ1v) is 12.2. The Morgan fingerprint density at radius 1 is 1.25 bits per heavy atom. The molecule has 190 valence electrons. The molecule has 2 aliphatic rings. The van der Waals surface area contributed by atoms with Crippen LogP contribution in [0, 0.1) is 0 Å². The van der Waals surface area contributed by atoms with E-state index < -0.39 is 0 Å². The molecule has 1 atom stereocenters. The summed E-state index contributed by atoms with van der Waals surface area (Å²) in [7, 11) is 1.54. The van der Waals surface area contributed by atoms with Crippen LogP contribution in [0.15, 0.2) is 42.6 Å². The average Bonchev–Trinajstić information content (AvgIpc) is 3.45. The first-order valence-electron chi connectivity index (χ1n) is 12.2. The Kier molecular flexibility index (Phi) is 7.57. The number of nitrogens with zero attached hydrogens (tertiary/aromatic N) is 4. The lowest BCUT2D eigenvalue weighted by Crippen LogP contribution is -2.36. The molecule has 4 rings (SSSR count). The molecule has 3 heterocycles. The minimum atomic E-state index is -0.350. The SMILES string of the molecule is C=C(/C=C\C=C(/C)c1nnc2n1C(C)CC2)NC(=O)c1cc2c(cc1OC)CCN(C(=O)OCC)C2. The number of hydrogen-bond acceptors (Lipinski definition) is 6. The van der Waals surface area contributed by atoms with Crippen molar-refractivity contribution in [3.8, 4) is 5.75 Å². The number of aromatic nitrogens is 3. The third-order valence-electron chi connectivity index (χ3n) is 6.57. The van der Waals surface area contributed by atoms with E-state index in [-0.39, 0.29) is 12.0 Å². The van der Waals surface area contributed by atoms with E-state index in [0.29, 0.717) is 49.2 Å². The molecule has 0 saturated carbocycles. The zero-order chi connectivity index (χ0) is 25.8. The highest BCUT2D eigenvalue weighted by molar-refractivity contribution is 5.98. The van der Waals surface area contributed by atoms with Crippen molar-refractivity contribution in [1.82, 2.24) is 25.0 Å². The Morgan fingerprint density at radius 2 is 2.06 bits per heavy atom. The van der Waals surface area contributed by atoms with Gasteiger partial charge >= 0.3 is 6.09 Å². The van der Waals surface area contributed by atoms with Crippen LogP contribution in [0.3, 0.4) is 0 Å². The van der Waals surface area contributed by atoms with Crippen molar-refractivity contribution in [3.05, 3.63) is 71.0 Å². The number of aryl methyl sites for hydroxylation is 1. The highest BCUT2D eigenvalue weighted by atomic mass is 16.6. The van der Waals surface area contributed by atoms with Crippen LogP contribution in [-0.4, -0.2) is 51.9 Å². The van der Waals surface area contributed by atoms with Crippen LogP contribution in [0.25, 0.3) is 5.57 Å². The first kappa shape index (κ1) is 25.2. The lowest BCUT2D eigenvalue weighted by atomic mass is 9.96. The maximum absolute atomic E-state index is 13.1. The van der Waals surface area contributed by atoms with Crippen molar-refractivity contribution in [2.45, 2.75) is 52.6 Å². The highest BCUT2D eigenvalue weighted by Gasteiger charge is 2.25. The number of methoxy groups -OCH3 is 1. The maximum Gasteiger partial charge on any atom is 0.410 e. The van der Waals surface area contributed by atoms with Gasteiger partial charge in [-0.3, -0.25) is 4.79 Å². The lowest BCUT2D eigenvalue weighted by Gasteiger charge is -2.28. The van der Waals surface area contributed by atoms with Gasteiger partial charge in [0.05, 0.1) is 19.3 Å². The van der Waals surface area contributed by atoms with Gasteiger partial charge in [-0.05, 0) is 68.5 Å². The number of benzene rings is 1. The lowest BCUT2D eigenvalue weighted by molar-refractivity contribution is 0.0964. The second-order valence-electron chi connectivity index (χ2n) is 9.08. The predicted octanol–water partition coefficient (Wildman–Crippen LogP) is 4.21. The summed E-state index contributed by atoms with van der Waals surface area (Å²) < 4.78 is 12.8. The van der Waals surface area contributed by atoms with Crippen molar-refractivity contribution >= 4 is 17.6 Å². The van der Waals surface area contributed by atoms with Crippen molar-refractivity contribution in [2.24, 2.45) is 0 Å². The van der Waals surface area contributed by atoms with Gasteiger partial charge in [-0.1, -0.05) is 18.7 Å². The number of fused-ring (bicyclic) bond motifs is 2. The van der Waals surface area contributed by atoms with E-state index >= 15 is 0 Å². The van der Waals surface area contributed by atoms with Gasteiger partial charge in [-0.15, -0.1) is 10.2 Å². The zero-order valence-electron chi connectivity index (χ0n) is 21.3. The van der Waals surface area contributed by atoms with Gasteiger partial charge in [0.1, 0.15) is 11.6 Å². The molecule has 9 heteroatoms. The smallest absolute Gasteiger partial charge is 0.410 e. The molecule has 1 aromatic carbocycles. The Hall–Kier alpha value is -3.88. The number of allylic oxidation sites excluding steroid dienone is 4. The summed E-state index contributed by atoms with van der Waals surface area (Å²) >= 11 is 0. The summed E-state index contributed by atoms with van der Waals surface area (Å²) in [6, 6.07) is 4.04. The van der Waals surface area contributed by atoms with Crippen molar-refractivity contribution in [2.75, 3.05) is 20.3 Å². The van der Waals surface area contributed by atoms with Gasteiger partial charge in [0, 0.05) is 31.2 Å². The van der Waals surface area contributed by atoms with E-state index in [4.69, 9.17) is 9.47 Å². The van der Waals surface area contributed by atoms with Crippen LogP contribution >= 0.6 is 0 Å². The number of ether oxygens (including phenoxy) is 2. The quantitative estimate of drug-likeness (QED) is 0.583. The fraction of sp³-hybridized carbons (Fsp3) is 0.407. The highest BCUT2D eigenvalue weighted by Crippen LogP contribution is 2.29. The Morgan fingerprint density at radius 3 is 2.81 bits per heavy atom. The summed E-state index contributed by atoms with van der Waals surface area (Å²) in [6.45, 7) is 11.2. The molecule has 1 unspecified atom stereocenters. The normalized spacial score (nSPS) is 17.1. The Bertz CT molecular complexity index is 1240. The molecule has 36 heavy (non-hydrogen) atoms. The summed E-state index contributed by atoms with van der Waals surface area (Å²) in [6.07, 6.45) is 7.85. The maximum atomic E-state index is 13.1. The summed E-state index contributed by atoms with van der Waals surface area (Å²) in [5, 5.41) is 11.4. The van der Waals surface area contributed by atoms with E-state index in [1.165, 1.54) is 7.11 Å². The second kappa shape index (κ2) is 10.8. The van der Waals surface area contributed by atoms with Crippen LogP contribution in [0.5, 0.6) is 5.75 Å². The molecule has 1 aromatic heterocycles. The minimum absolute atomic E-state index is 0.323. The molecule has 9 nitrogen and oxygen atoms in total. The number of nitrogens with one attached hydrogen (secondary N) is 1. The Labute approximate surface area is 211 Å². The molecule has 0 aliphatic carbocycles.